The number of hydrogen-bond donors (Lipinski definition) is 4. The number of hydrazine groups is 2. The van der Waals surface area contributed by atoms with E-state index in [1.54, 1.807) is 37.5 Å². The first-order chi connectivity index (χ1) is 15.6. The molecule has 9 nitrogen and oxygen atoms in total. The average Bonchev–Trinajstić information content (AvgIpc) is 3.28. The summed E-state index contributed by atoms with van der Waals surface area (Å²) in [7, 11) is 0. The quantitative estimate of drug-likeness (QED) is 0.486. The second kappa shape index (κ2) is 9.15. The van der Waals surface area contributed by atoms with Gasteiger partial charge in [-0.15, -0.1) is 10.6 Å². The number of halogens is 1. The van der Waals surface area contributed by atoms with E-state index in [0.717, 1.165) is 18.5 Å². The minimum absolute atomic E-state index is 0. The number of amidine groups is 1. The van der Waals surface area contributed by atoms with Gasteiger partial charge >= 0.3 is 0 Å². The van der Waals surface area contributed by atoms with Crippen molar-refractivity contribution in [3.05, 3.63) is 71.2 Å². The van der Waals surface area contributed by atoms with Crippen molar-refractivity contribution in [2.75, 3.05) is 5.32 Å². The van der Waals surface area contributed by atoms with E-state index >= 15 is 0 Å². The molecule has 3 aromatic rings. The van der Waals surface area contributed by atoms with Gasteiger partial charge in [-0.2, -0.15) is 0 Å². The Morgan fingerprint density at radius 3 is 2.81 bits per heavy atom. The molecule has 168 valence electrons. The Labute approximate surface area is 186 Å². The molecule has 0 unspecified atom stereocenters. The number of nitrogens with zero attached hydrogens (tertiary/aromatic N) is 4. The molecule has 2 aliphatic rings. The third-order valence-electron chi connectivity index (χ3n) is 5.04. The second-order valence-corrected chi connectivity index (χ2v) is 7.28. The Morgan fingerprint density at radius 1 is 1.28 bits per heavy atom. The Hall–Kier alpha value is -3.79. The second-order valence-electron chi connectivity index (χ2n) is 7.28. The van der Waals surface area contributed by atoms with Crippen LogP contribution in [0.4, 0.5) is 10.2 Å². The summed E-state index contributed by atoms with van der Waals surface area (Å²) in [6, 6.07) is 7.99. The van der Waals surface area contributed by atoms with E-state index in [1.807, 2.05) is 24.6 Å². The van der Waals surface area contributed by atoms with Crippen LogP contribution < -0.4 is 21.8 Å². The molecule has 3 heterocycles. The molecule has 1 fully saturated rings. The van der Waals surface area contributed by atoms with Crippen LogP contribution in [0.3, 0.4) is 0 Å². The van der Waals surface area contributed by atoms with Crippen LogP contribution >= 0.6 is 0 Å². The minimum Gasteiger partial charge on any atom is -0.306 e. The standard InChI is InChI=1S/C20H19FN8O.C2H6.H2/c1-11-7-14(21)13(8-17(11)29-9-16(22-10-29)12-5-6-12)20(30)24-18-4-2-3-15(23-18)19-25-27-28-26-19;1-2;/h2-4,7-10,12,27-28H,5-6H2,1H3,(H,25,26)(H,23,24,30);1-2H3;1H. The summed E-state index contributed by atoms with van der Waals surface area (Å²) < 4.78 is 16.5. The van der Waals surface area contributed by atoms with Crippen molar-refractivity contribution in [1.82, 2.24) is 31.0 Å². The van der Waals surface area contributed by atoms with Gasteiger partial charge in [0, 0.05) is 13.5 Å². The molecule has 0 bridgehead atoms. The summed E-state index contributed by atoms with van der Waals surface area (Å²) in [5, 5.41) is 6.63. The van der Waals surface area contributed by atoms with Gasteiger partial charge in [-0.1, -0.05) is 19.9 Å². The van der Waals surface area contributed by atoms with Crippen LogP contribution in [-0.4, -0.2) is 26.3 Å². The highest BCUT2D eigenvalue weighted by molar-refractivity contribution is 6.05. The van der Waals surface area contributed by atoms with Crippen LogP contribution in [0.25, 0.3) is 5.69 Å². The van der Waals surface area contributed by atoms with Gasteiger partial charge in [-0.3, -0.25) is 10.2 Å². The van der Waals surface area contributed by atoms with Crippen LogP contribution in [0, 0.1) is 12.7 Å². The zero-order chi connectivity index (χ0) is 22.7. The molecule has 1 amide bonds. The summed E-state index contributed by atoms with van der Waals surface area (Å²) >= 11 is 0. The number of amides is 1. The molecule has 1 aliphatic carbocycles. The normalized spacial score (nSPS) is 14.6. The number of hydrogen-bond acceptors (Lipinski definition) is 7. The molecule has 32 heavy (non-hydrogen) atoms. The third kappa shape index (κ3) is 4.45. The lowest BCUT2D eigenvalue weighted by molar-refractivity contribution is 0.102. The molecule has 0 atom stereocenters. The maximum Gasteiger partial charge on any atom is 0.259 e. The number of rotatable bonds is 5. The van der Waals surface area contributed by atoms with Gasteiger partial charge in [0.1, 0.15) is 17.3 Å². The molecule has 4 N–H and O–H groups in total. The summed E-state index contributed by atoms with van der Waals surface area (Å²) in [4.78, 5) is 21.6. The smallest absolute Gasteiger partial charge is 0.259 e. The molecule has 0 radical (unpaired) electrons. The van der Waals surface area contributed by atoms with Crippen molar-refractivity contribution in [3.63, 3.8) is 0 Å². The zero-order valence-electron chi connectivity index (χ0n) is 18.1. The average molecular weight is 439 g/mol. The molecule has 1 aromatic carbocycles. The largest absolute Gasteiger partial charge is 0.306 e. The minimum atomic E-state index is -0.595. The fourth-order valence-corrected chi connectivity index (χ4v) is 3.31. The van der Waals surface area contributed by atoms with Crippen molar-refractivity contribution >= 4 is 17.6 Å². The molecule has 0 spiro atoms. The van der Waals surface area contributed by atoms with E-state index in [4.69, 9.17) is 0 Å². The first-order valence-corrected chi connectivity index (χ1v) is 10.6. The molecule has 0 saturated heterocycles. The number of carbonyl (C=O) groups is 1. The van der Waals surface area contributed by atoms with Crippen LogP contribution in [0.1, 0.15) is 61.3 Å². The van der Waals surface area contributed by atoms with Gasteiger partial charge in [0.2, 0.25) is 0 Å². The van der Waals surface area contributed by atoms with Gasteiger partial charge in [0.05, 0.1) is 23.3 Å². The molecule has 5 rings (SSSR count). The SMILES string of the molecule is CC.Cc1cc(F)c(C(=O)Nc2cccc(C3=NNNN3)n2)cc1-n1cnc(C2CC2)c1.[HH]. The van der Waals surface area contributed by atoms with E-state index < -0.39 is 11.7 Å². The van der Waals surface area contributed by atoms with Gasteiger partial charge in [-0.05, 0) is 49.6 Å². The maximum absolute atomic E-state index is 14.6. The van der Waals surface area contributed by atoms with Crippen molar-refractivity contribution in [1.29, 1.82) is 0 Å². The predicted octanol–water partition coefficient (Wildman–Crippen LogP) is 3.39. The van der Waals surface area contributed by atoms with Gasteiger partial charge in [0.25, 0.3) is 5.91 Å². The van der Waals surface area contributed by atoms with Crippen molar-refractivity contribution in [3.8, 4) is 5.69 Å². The molecular weight excluding hydrogens is 411 g/mol. The number of nitrogens with one attached hydrogen (secondary N) is 4. The summed E-state index contributed by atoms with van der Waals surface area (Å²) in [5.41, 5.74) is 10.9. The lowest BCUT2D eigenvalue weighted by atomic mass is 10.1. The Morgan fingerprint density at radius 2 is 2.09 bits per heavy atom. The van der Waals surface area contributed by atoms with Gasteiger partial charge in [0.15, 0.2) is 5.84 Å². The molecule has 1 saturated carbocycles. The Balaban J connectivity index is 0.000000994. The topological polar surface area (TPSA) is 108 Å². The van der Waals surface area contributed by atoms with Crippen molar-refractivity contribution in [2.24, 2.45) is 5.10 Å². The van der Waals surface area contributed by atoms with E-state index in [9.17, 15) is 9.18 Å². The molecular formula is C22H27FN8O. The summed E-state index contributed by atoms with van der Waals surface area (Å²) in [6.07, 6.45) is 5.94. The monoisotopic (exact) mass is 438 g/mol. The lowest BCUT2D eigenvalue weighted by Gasteiger charge is -2.12. The molecule has 1 aliphatic heterocycles. The number of anilines is 1. The van der Waals surface area contributed by atoms with Crippen LogP contribution in [0.15, 0.2) is 48.0 Å². The number of aryl methyl sites for hydroxylation is 1. The maximum atomic E-state index is 14.6. The van der Waals surface area contributed by atoms with E-state index in [0.29, 0.717) is 28.7 Å². The van der Waals surface area contributed by atoms with E-state index in [2.05, 4.69) is 36.9 Å². The zero-order valence-corrected chi connectivity index (χ0v) is 18.1. The molecule has 2 aromatic heterocycles. The number of aromatic nitrogens is 3. The number of carbonyl (C=O) groups excluding carboxylic acids is 1. The number of pyridine rings is 1. The van der Waals surface area contributed by atoms with Crippen LogP contribution in [-0.2, 0) is 0 Å². The lowest BCUT2D eigenvalue weighted by Crippen LogP contribution is -2.35. The van der Waals surface area contributed by atoms with Crippen molar-refractivity contribution in [2.45, 2.75) is 39.5 Å². The highest BCUT2D eigenvalue weighted by Gasteiger charge is 2.26. The Kier molecular flexibility index (Phi) is 6.13. The first-order valence-electron chi connectivity index (χ1n) is 10.6. The fraction of sp³-hybridized carbons (Fsp3) is 0.273. The first kappa shape index (κ1) is 21.4. The van der Waals surface area contributed by atoms with E-state index in [1.165, 1.54) is 6.07 Å². The van der Waals surface area contributed by atoms with Crippen LogP contribution in [0.5, 0.6) is 0 Å². The third-order valence-corrected chi connectivity index (χ3v) is 5.04. The highest BCUT2D eigenvalue weighted by atomic mass is 19.1. The van der Waals surface area contributed by atoms with Gasteiger partial charge in [-0.25, -0.2) is 19.9 Å². The number of imidazole rings is 1. The number of benzene rings is 1. The van der Waals surface area contributed by atoms with Gasteiger partial charge < -0.3 is 9.88 Å². The van der Waals surface area contributed by atoms with Crippen molar-refractivity contribution < 1.29 is 10.6 Å². The highest BCUT2D eigenvalue weighted by Crippen LogP contribution is 2.39. The Bertz CT molecular complexity index is 1170. The fourth-order valence-electron chi connectivity index (χ4n) is 3.31. The summed E-state index contributed by atoms with van der Waals surface area (Å²) in [5.74, 6) is 0.0919. The summed E-state index contributed by atoms with van der Waals surface area (Å²) in [6.45, 7) is 5.80. The van der Waals surface area contributed by atoms with Crippen LogP contribution in [0.2, 0.25) is 0 Å². The molecule has 10 heteroatoms. The number of hydrazone groups is 1. The predicted molar refractivity (Wildman–Crippen MR) is 122 cm³/mol. The van der Waals surface area contributed by atoms with E-state index in [-0.39, 0.29) is 12.8 Å².